The third kappa shape index (κ3) is 2.47. The van der Waals surface area contributed by atoms with Gasteiger partial charge in [-0.15, -0.1) is 0 Å². The van der Waals surface area contributed by atoms with Crippen molar-refractivity contribution in [3.63, 3.8) is 0 Å². The Balaban J connectivity index is 2.89. The third-order valence-electron chi connectivity index (χ3n) is 1.54. The Hall–Kier alpha value is -1.04. The van der Waals surface area contributed by atoms with E-state index in [1.807, 2.05) is 0 Å². The summed E-state index contributed by atoms with van der Waals surface area (Å²) in [4.78, 5) is 13.8. The quantitative estimate of drug-likeness (QED) is 0.911. The van der Waals surface area contributed by atoms with Crippen molar-refractivity contribution >= 4 is 21.9 Å². The van der Waals surface area contributed by atoms with Gasteiger partial charge in [-0.05, 0) is 28.1 Å². The van der Waals surface area contributed by atoms with Gasteiger partial charge in [0, 0.05) is 10.7 Å². The van der Waals surface area contributed by atoms with Crippen LogP contribution in [0.5, 0.6) is 0 Å². The van der Waals surface area contributed by atoms with Gasteiger partial charge in [0.05, 0.1) is 12.1 Å². The first-order valence-corrected chi connectivity index (χ1v) is 4.43. The lowest BCUT2D eigenvalue weighted by molar-refractivity contribution is -0.164. The van der Waals surface area contributed by atoms with Crippen molar-refractivity contribution in [1.29, 1.82) is 0 Å². The molecule has 1 aromatic rings. The fraction of sp³-hybridized carbons (Fsp3) is 0.250. The molecule has 1 aromatic heterocycles. The monoisotopic (exact) mass is 265 g/mol. The highest BCUT2D eigenvalue weighted by Gasteiger charge is 2.39. The van der Waals surface area contributed by atoms with Crippen molar-refractivity contribution < 1.29 is 18.7 Å². The number of alkyl halides is 2. The zero-order valence-electron chi connectivity index (χ0n) is 6.88. The predicted octanol–water partition coefficient (Wildman–Crippen LogP) is 2.11. The summed E-state index contributed by atoms with van der Waals surface area (Å²) in [5, 5.41) is 8.20. The fourth-order valence-corrected chi connectivity index (χ4v) is 1.23. The van der Waals surface area contributed by atoms with E-state index in [0.29, 0.717) is 4.47 Å². The molecule has 0 atom stereocenters. The van der Waals surface area contributed by atoms with Crippen LogP contribution in [-0.4, -0.2) is 22.0 Å². The van der Waals surface area contributed by atoms with E-state index in [-0.39, 0.29) is 5.69 Å². The molecule has 0 aliphatic carbocycles. The summed E-state index contributed by atoms with van der Waals surface area (Å²) < 4.78 is 25.9. The molecule has 0 aliphatic heterocycles. The van der Waals surface area contributed by atoms with E-state index in [0.717, 1.165) is 0 Å². The number of pyridine rings is 1. The van der Waals surface area contributed by atoms with Gasteiger partial charge in [-0.1, -0.05) is 0 Å². The van der Waals surface area contributed by atoms with Gasteiger partial charge in [-0.2, -0.15) is 8.78 Å². The lowest BCUT2D eigenvalue weighted by Gasteiger charge is -2.10. The number of carboxylic acids is 1. The number of carboxylic acid groups (broad SMARTS) is 1. The molecule has 1 N–H and O–H groups in total. The predicted molar refractivity (Wildman–Crippen MR) is 48.2 cm³/mol. The minimum Gasteiger partial charge on any atom is -0.477 e. The molecule has 0 amide bonds. The van der Waals surface area contributed by atoms with Crippen molar-refractivity contribution in [2.75, 3.05) is 0 Å². The summed E-state index contributed by atoms with van der Waals surface area (Å²) in [5.74, 6) is -5.92. The van der Waals surface area contributed by atoms with E-state index in [1.54, 1.807) is 6.07 Å². The van der Waals surface area contributed by atoms with Gasteiger partial charge in [0.25, 0.3) is 0 Å². The molecule has 0 unspecified atom stereocenters. The third-order valence-corrected chi connectivity index (χ3v) is 2.26. The van der Waals surface area contributed by atoms with Crippen LogP contribution in [0.2, 0.25) is 0 Å². The largest absolute Gasteiger partial charge is 0.477 e. The van der Waals surface area contributed by atoms with E-state index in [2.05, 4.69) is 20.9 Å². The molecule has 0 bridgehead atoms. The van der Waals surface area contributed by atoms with Crippen LogP contribution in [0.15, 0.2) is 22.8 Å². The molecule has 0 aliphatic rings. The molecule has 1 heterocycles. The second-order valence-electron chi connectivity index (χ2n) is 2.62. The topological polar surface area (TPSA) is 50.2 Å². The molecule has 76 valence electrons. The van der Waals surface area contributed by atoms with Crippen LogP contribution in [0.1, 0.15) is 5.69 Å². The highest BCUT2D eigenvalue weighted by Crippen LogP contribution is 2.23. The number of rotatable bonds is 3. The molecule has 14 heavy (non-hydrogen) atoms. The SMILES string of the molecule is O=C(O)C(F)(F)Cc1ncccc1Br. The number of carbonyl (C=O) groups is 1. The van der Waals surface area contributed by atoms with E-state index < -0.39 is 18.3 Å². The molecule has 0 saturated heterocycles. The van der Waals surface area contributed by atoms with Gasteiger partial charge in [0.2, 0.25) is 0 Å². The van der Waals surface area contributed by atoms with Crippen LogP contribution in [0.3, 0.4) is 0 Å². The number of nitrogens with zero attached hydrogens (tertiary/aromatic N) is 1. The molecule has 0 radical (unpaired) electrons. The van der Waals surface area contributed by atoms with Crippen molar-refractivity contribution in [1.82, 2.24) is 4.98 Å². The number of halogens is 3. The van der Waals surface area contributed by atoms with Gasteiger partial charge in [0.15, 0.2) is 0 Å². The zero-order chi connectivity index (χ0) is 10.8. The second kappa shape index (κ2) is 4.00. The van der Waals surface area contributed by atoms with Crippen LogP contribution in [0.4, 0.5) is 8.78 Å². The number of aliphatic carboxylic acids is 1. The Morgan fingerprint density at radius 1 is 1.64 bits per heavy atom. The normalized spacial score (nSPS) is 11.4. The molecular formula is C8H6BrF2NO2. The van der Waals surface area contributed by atoms with Crippen molar-refractivity contribution in [3.8, 4) is 0 Å². The first-order chi connectivity index (χ1) is 6.43. The van der Waals surface area contributed by atoms with E-state index >= 15 is 0 Å². The Morgan fingerprint density at radius 3 is 2.79 bits per heavy atom. The summed E-state index contributed by atoms with van der Waals surface area (Å²) in [5.41, 5.74) is 0.0277. The molecule has 6 heteroatoms. The zero-order valence-corrected chi connectivity index (χ0v) is 8.46. The molecule has 0 aromatic carbocycles. The minimum absolute atomic E-state index is 0.0277. The van der Waals surface area contributed by atoms with Gasteiger partial charge in [-0.3, -0.25) is 4.98 Å². The molecule has 1 rings (SSSR count). The molecule has 0 fully saturated rings. The lowest BCUT2D eigenvalue weighted by atomic mass is 10.2. The summed E-state index contributed by atoms with van der Waals surface area (Å²) in [7, 11) is 0. The molecule has 0 saturated carbocycles. The van der Waals surface area contributed by atoms with E-state index in [4.69, 9.17) is 5.11 Å². The molecule has 0 spiro atoms. The van der Waals surface area contributed by atoms with Gasteiger partial charge in [0.1, 0.15) is 0 Å². The Bertz CT molecular complexity index is 357. The fourth-order valence-electron chi connectivity index (χ4n) is 0.834. The van der Waals surface area contributed by atoms with Crippen LogP contribution >= 0.6 is 15.9 Å². The maximum atomic E-state index is 12.8. The van der Waals surface area contributed by atoms with Gasteiger partial charge < -0.3 is 5.11 Å². The van der Waals surface area contributed by atoms with Gasteiger partial charge in [-0.25, -0.2) is 4.79 Å². The summed E-state index contributed by atoms with van der Waals surface area (Å²) in [6, 6.07) is 3.09. The number of hydrogen-bond acceptors (Lipinski definition) is 2. The summed E-state index contributed by atoms with van der Waals surface area (Å²) in [6.07, 6.45) is 0.418. The maximum absolute atomic E-state index is 12.8. The molecule has 3 nitrogen and oxygen atoms in total. The molecular weight excluding hydrogens is 260 g/mol. The van der Waals surface area contributed by atoms with Crippen molar-refractivity contribution in [2.45, 2.75) is 12.3 Å². The highest BCUT2D eigenvalue weighted by molar-refractivity contribution is 9.10. The van der Waals surface area contributed by atoms with Crippen LogP contribution in [-0.2, 0) is 11.2 Å². The standard InChI is InChI=1S/C8H6BrF2NO2/c9-5-2-1-3-12-6(5)4-8(10,11)7(13)14/h1-3H,4H2,(H,13,14). The summed E-state index contributed by atoms with van der Waals surface area (Å²) in [6.45, 7) is 0. The van der Waals surface area contributed by atoms with Crippen LogP contribution in [0.25, 0.3) is 0 Å². The minimum atomic E-state index is -3.78. The van der Waals surface area contributed by atoms with Crippen molar-refractivity contribution in [3.05, 3.63) is 28.5 Å². The average Bonchev–Trinajstić information content (AvgIpc) is 2.08. The number of hydrogen-bond donors (Lipinski definition) is 1. The number of aromatic nitrogens is 1. The first kappa shape index (κ1) is 11.0. The lowest BCUT2D eigenvalue weighted by Crippen LogP contribution is -2.31. The highest BCUT2D eigenvalue weighted by atomic mass is 79.9. The van der Waals surface area contributed by atoms with Crippen LogP contribution in [0, 0.1) is 0 Å². The summed E-state index contributed by atoms with van der Waals surface area (Å²) >= 11 is 3.01. The second-order valence-corrected chi connectivity index (χ2v) is 3.47. The maximum Gasteiger partial charge on any atom is 0.374 e. The smallest absolute Gasteiger partial charge is 0.374 e. The first-order valence-electron chi connectivity index (χ1n) is 3.64. The Kier molecular flexibility index (Phi) is 3.15. The van der Waals surface area contributed by atoms with E-state index in [9.17, 15) is 13.6 Å². The Labute approximate surface area is 86.9 Å². The average molecular weight is 266 g/mol. The van der Waals surface area contributed by atoms with E-state index in [1.165, 1.54) is 12.3 Å². The van der Waals surface area contributed by atoms with Crippen LogP contribution < -0.4 is 0 Å². The van der Waals surface area contributed by atoms with Gasteiger partial charge >= 0.3 is 11.9 Å². The Morgan fingerprint density at radius 2 is 2.29 bits per heavy atom. The van der Waals surface area contributed by atoms with Crippen molar-refractivity contribution in [2.24, 2.45) is 0 Å².